The number of benzene rings is 1. The van der Waals surface area contributed by atoms with Crippen molar-refractivity contribution in [2.75, 3.05) is 33.0 Å². The molecule has 3 heterocycles. The van der Waals surface area contributed by atoms with Crippen molar-refractivity contribution >= 4 is 49.3 Å². The second kappa shape index (κ2) is 7.86. The first-order valence-electron chi connectivity index (χ1n) is 8.55. The van der Waals surface area contributed by atoms with Crippen LogP contribution in [-0.2, 0) is 14.8 Å². The molecule has 0 unspecified atom stereocenters. The molecule has 2 aromatic rings. The molecule has 2 aliphatic rings. The van der Waals surface area contributed by atoms with Crippen LogP contribution in [0.1, 0.15) is 5.56 Å². The van der Waals surface area contributed by atoms with Crippen molar-refractivity contribution in [3.8, 4) is 11.5 Å². The van der Waals surface area contributed by atoms with E-state index in [4.69, 9.17) is 9.47 Å². The molecule has 0 N–H and O–H groups in total. The average Bonchev–Trinajstić information content (AvgIpc) is 3.34. The lowest BCUT2D eigenvalue weighted by Gasteiger charge is -2.33. The van der Waals surface area contributed by atoms with E-state index in [2.05, 4.69) is 15.9 Å². The Hall–Kier alpha value is -1.88. The summed E-state index contributed by atoms with van der Waals surface area (Å²) in [5.74, 6) is 1.21. The lowest BCUT2D eigenvalue weighted by atomic mass is 10.2. The number of carbonyl (C=O) groups is 1. The highest BCUT2D eigenvalue weighted by Crippen LogP contribution is 2.33. The van der Waals surface area contributed by atoms with Crippen molar-refractivity contribution in [3.63, 3.8) is 0 Å². The van der Waals surface area contributed by atoms with Crippen molar-refractivity contribution in [2.24, 2.45) is 0 Å². The Morgan fingerprint density at radius 1 is 1.07 bits per heavy atom. The highest BCUT2D eigenvalue weighted by molar-refractivity contribution is 9.11. The Morgan fingerprint density at radius 2 is 1.82 bits per heavy atom. The quantitative estimate of drug-likeness (QED) is 0.623. The first-order valence-corrected chi connectivity index (χ1v) is 11.6. The van der Waals surface area contributed by atoms with Crippen LogP contribution in [-0.4, -0.2) is 56.5 Å². The van der Waals surface area contributed by atoms with Gasteiger partial charge in [-0.05, 0) is 51.8 Å². The maximum absolute atomic E-state index is 12.7. The molecule has 1 saturated heterocycles. The van der Waals surface area contributed by atoms with E-state index in [-0.39, 0.29) is 25.8 Å². The molecule has 148 valence electrons. The van der Waals surface area contributed by atoms with Gasteiger partial charge in [-0.3, -0.25) is 4.79 Å². The number of ether oxygens (including phenoxy) is 2. The molecule has 1 aromatic carbocycles. The summed E-state index contributed by atoms with van der Waals surface area (Å²) in [6.07, 6.45) is 3.22. The predicted molar refractivity (Wildman–Crippen MR) is 109 cm³/mol. The van der Waals surface area contributed by atoms with Gasteiger partial charge in [0.05, 0.1) is 3.79 Å². The molecule has 0 saturated carbocycles. The number of nitrogens with zero attached hydrogens (tertiary/aromatic N) is 2. The van der Waals surface area contributed by atoms with E-state index in [1.165, 1.54) is 21.7 Å². The Kier molecular flexibility index (Phi) is 5.46. The molecule has 10 heteroatoms. The van der Waals surface area contributed by atoms with E-state index in [0.717, 1.165) is 9.35 Å². The van der Waals surface area contributed by atoms with Crippen molar-refractivity contribution in [1.29, 1.82) is 0 Å². The smallest absolute Gasteiger partial charge is 0.252 e. The Labute approximate surface area is 175 Å². The second-order valence-electron chi connectivity index (χ2n) is 6.23. The molecule has 0 radical (unpaired) electrons. The maximum atomic E-state index is 12.7. The van der Waals surface area contributed by atoms with Crippen molar-refractivity contribution in [3.05, 3.63) is 45.8 Å². The van der Waals surface area contributed by atoms with Gasteiger partial charge in [-0.2, -0.15) is 4.31 Å². The molecule has 0 aliphatic carbocycles. The van der Waals surface area contributed by atoms with Gasteiger partial charge in [0.25, 0.3) is 10.0 Å². The summed E-state index contributed by atoms with van der Waals surface area (Å²) in [5.41, 5.74) is 0.835. The number of piperazine rings is 1. The third-order valence-electron chi connectivity index (χ3n) is 4.51. The van der Waals surface area contributed by atoms with Crippen LogP contribution in [0.2, 0.25) is 0 Å². The number of thiophene rings is 1. The molecular formula is C18H17BrN2O5S2. The predicted octanol–water partition coefficient (Wildman–Crippen LogP) is 2.79. The molecule has 1 fully saturated rings. The zero-order chi connectivity index (χ0) is 19.7. The number of hydrogen-bond acceptors (Lipinski definition) is 6. The molecule has 0 bridgehead atoms. The maximum Gasteiger partial charge on any atom is 0.252 e. The number of halogens is 1. The van der Waals surface area contributed by atoms with Crippen LogP contribution in [0, 0.1) is 0 Å². The van der Waals surface area contributed by atoms with Crippen LogP contribution in [0.15, 0.2) is 44.4 Å². The van der Waals surface area contributed by atoms with Crippen LogP contribution < -0.4 is 9.47 Å². The summed E-state index contributed by atoms with van der Waals surface area (Å²) in [5, 5.41) is 0. The standard InChI is InChI=1S/C18H17BrN2O5S2/c19-16-4-6-18(27-16)28(23,24)21-9-7-20(8-10-21)17(22)5-2-13-1-3-14-15(11-13)26-12-25-14/h1-6,11H,7-10,12H2/b5-2+. The topological polar surface area (TPSA) is 76.2 Å². The van der Waals surface area contributed by atoms with E-state index in [0.29, 0.717) is 28.8 Å². The van der Waals surface area contributed by atoms with Crippen molar-refractivity contribution in [2.45, 2.75) is 4.21 Å². The minimum Gasteiger partial charge on any atom is -0.454 e. The Balaban J connectivity index is 1.36. The second-order valence-corrected chi connectivity index (χ2v) is 10.9. The highest BCUT2D eigenvalue weighted by Gasteiger charge is 2.30. The lowest BCUT2D eigenvalue weighted by Crippen LogP contribution is -2.50. The fraction of sp³-hybridized carbons (Fsp3) is 0.278. The van der Waals surface area contributed by atoms with Crippen molar-refractivity contribution < 1.29 is 22.7 Å². The molecule has 7 nitrogen and oxygen atoms in total. The average molecular weight is 485 g/mol. The van der Waals surface area contributed by atoms with Gasteiger partial charge < -0.3 is 14.4 Å². The molecule has 1 amide bonds. The summed E-state index contributed by atoms with van der Waals surface area (Å²) >= 11 is 4.48. The van der Waals surface area contributed by atoms with E-state index in [1.54, 1.807) is 29.2 Å². The van der Waals surface area contributed by atoms with Crippen LogP contribution in [0.3, 0.4) is 0 Å². The third-order valence-corrected chi connectivity index (χ3v) is 8.50. The zero-order valence-corrected chi connectivity index (χ0v) is 17.9. The summed E-state index contributed by atoms with van der Waals surface area (Å²) in [4.78, 5) is 14.1. The summed E-state index contributed by atoms with van der Waals surface area (Å²) < 4.78 is 38.4. The Morgan fingerprint density at radius 3 is 2.54 bits per heavy atom. The first-order chi connectivity index (χ1) is 13.4. The van der Waals surface area contributed by atoms with E-state index in [9.17, 15) is 13.2 Å². The fourth-order valence-electron chi connectivity index (χ4n) is 3.00. The lowest BCUT2D eigenvalue weighted by molar-refractivity contribution is -0.127. The number of fused-ring (bicyclic) bond motifs is 1. The molecule has 4 rings (SSSR count). The minimum absolute atomic E-state index is 0.145. The molecule has 0 atom stereocenters. The van der Waals surface area contributed by atoms with E-state index >= 15 is 0 Å². The SMILES string of the molecule is O=C(/C=C/c1ccc2c(c1)OCO2)N1CCN(S(=O)(=O)c2ccc(Br)s2)CC1. The number of hydrogen-bond donors (Lipinski definition) is 0. The zero-order valence-electron chi connectivity index (χ0n) is 14.7. The van der Waals surface area contributed by atoms with Gasteiger partial charge in [-0.25, -0.2) is 8.42 Å². The number of amides is 1. The van der Waals surface area contributed by atoms with Gasteiger partial charge >= 0.3 is 0 Å². The van der Waals surface area contributed by atoms with Gasteiger partial charge in [0.1, 0.15) is 4.21 Å². The highest BCUT2D eigenvalue weighted by atomic mass is 79.9. The number of rotatable bonds is 4. The van der Waals surface area contributed by atoms with Crippen LogP contribution >= 0.6 is 27.3 Å². The van der Waals surface area contributed by atoms with E-state index in [1.807, 2.05) is 12.1 Å². The minimum atomic E-state index is -3.51. The third kappa shape index (κ3) is 3.95. The van der Waals surface area contributed by atoms with Crippen molar-refractivity contribution in [1.82, 2.24) is 9.21 Å². The largest absolute Gasteiger partial charge is 0.454 e. The first kappa shape index (κ1) is 19.4. The summed E-state index contributed by atoms with van der Waals surface area (Å²) in [7, 11) is -3.51. The van der Waals surface area contributed by atoms with Gasteiger partial charge in [-0.15, -0.1) is 11.3 Å². The molecule has 0 spiro atoms. The van der Waals surface area contributed by atoms with E-state index < -0.39 is 10.0 Å². The van der Waals surface area contributed by atoms with Crippen LogP contribution in [0.5, 0.6) is 11.5 Å². The van der Waals surface area contributed by atoms with Crippen LogP contribution in [0.4, 0.5) is 0 Å². The molecular weight excluding hydrogens is 468 g/mol. The molecule has 1 aromatic heterocycles. The van der Waals surface area contributed by atoms with Gasteiger partial charge in [0.2, 0.25) is 12.7 Å². The molecule has 2 aliphatic heterocycles. The van der Waals surface area contributed by atoms with Gasteiger partial charge in [0, 0.05) is 32.3 Å². The fourth-order valence-corrected chi connectivity index (χ4v) is 6.59. The summed E-state index contributed by atoms with van der Waals surface area (Å²) in [6, 6.07) is 8.78. The van der Waals surface area contributed by atoms with Crippen LogP contribution in [0.25, 0.3) is 6.08 Å². The summed E-state index contributed by atoms with van der Waals surface area (Å²) in [6.45, 7) is 1.48. The number of sulfonamides is 1. The Bertz CT molecular complexity index is 1030. The monoisotopic (exact) mass is 484 g/mol. The van der Waals surface area contributed by atoms with Gasteiger partial charge in [-0.1, -0.05) is 6.07 Å². The normalized spacial score (nSPS) is 17.4. The number of carbonyl (C=O) groups excluding carboxylic acids is 1. The molecule has 28 heavy (non-hydrogen) atoms. The van der Waals surface area contributed by atoms with Gasteiger partial charge in [0.15, 0.2) is 11.5 Å².